The fourth-order valence-corrected chi connectivity index (χ4v) is 4.45. The Morgan fingerprint density at radius 1 is 1.08 bits per heavy atom. The average molecular weight is 345 g/mol. The molecule has 0 spiro atoms. The molecule has 1 aromatic carbocycles. The Balaban J connectivity index is 1.42. The quantitative estimate of drug-likeness (QED) is 0.634. The highest BCUT2D eigenvalue weighted by atomic mass is 16.5. The molecule has 1 aliphatic carbocycles. The number of hydrogen-bond acceptors (Lipinski definition) is 3. The molecule has 0 bridgehead atoms. The minimum atomic E-state index is 0.789. The lowest BCUT2D eigenvalue weighted by molar-refractivity contribution is 0.113. The number of nitrogens with zero attached hydrogens (tertiary/aromatic N) is 2. The highest BCUT2D eigenvalue weighted by molar-refractivity contribution is 5.27. The highest BCUT2D eigenvalue weighted by Gasteiger charge is 2.31. The van der Waals surface area contributed by atoms with E-state index in [-0.39, 0.29) is 0 Å². The molecule has 1 aliphatic heterocycles. The molecule has 3 rings (SSSR count). The number of ether oxygens (including phenoxy) is 1. The summed E-state index contributed by atoms with van der Waals surface area (Å²) in [6.07, 6.45) is 6.71. The highest BCUT2D eigenvalue weighted by Crippen LogP contribution is 2.42. The maximum Gasteiger partial charge on any atom is 0.0589 e. The molecule has 2 aliphatic rings. The third kappa shape index (κ3) is 5.54. The van der Waals surface area contributed by atoms with E-state index in [1.54, 1.807) is 12.7 Å². The smallest absolute Gasteiger partial charge is 0.0589 e. The van der Waals surface area contributed by atoms with Crippen molar-refractivity contribution in [2.24, 2.45) is 5.92 Å². The Kier molecular flexibility index (Phi) is 7.33. The van der Waals surface area contributed by atoms with E-state index in [0.29, 0.717) is 0 Å². The third-order valence-corrected chi connectivity index (χ3v) is 5.96. The van der Waals surface area contributed by atoms with Crippen LogP contribution < -0.4 is 0 Å². The average Bonchev–Trinajstić information content (AvgIpc) is 3.09. The summed E-state index contributed by atoms with van der Waals surface area (Å²) in [5.41, 5.74) is 3.04. The molecule has 1 saturated carbocycles. The summed E-state index contributed by atoms with van der Waals surface area (Å²) in [5, 5.41) is 0. The van der Waals surface area contributed by atoms with Crippen molar-refractivity contribution in [1.29, 1.82) is 0 Å². The molecule has 0 amide bonds. The predicted octanol–water partition coefficient (Wildman–Crippen LogP) is 4.13. The third-order valence-electron chi connectivity index (χ3n) is 5.96. The van der Waals surface area contributed by atoms with E-state index in [0.717, 1.165) is 31.5 Å². The molecule has 1 aromatic rings. The van der Waals surface area contributed by atoms with E-state index in [1.807, 2.05) is 0 Å². The van der Waals surface area contributed by atoms with Gasteiger partial charge in [-0.15, -0.1) is 0 Å². The lowest BCUT2D eigenvalue weighted by atomic mass is 9.71. The molecule has 0 unspecified atom stereocenters. The van der Waals surface area contributed by atoms with Gasteiger partial charge in [-0.2, -0.15) is 0 Å². The van der Waals surface area contributed by atoms with E-state index in [4.69, 9.17) is 4.74 Å². The largest absolute Gasteiger partial charge is 0.383 e. The molecule has 0 atom stereocenters. The normalized spacial score (nSPS) is 24.0. The van der Waals surface area contributed by atoms with Crippen LogP contribution in [0.25, 0.3) is 0 Å². The molecular weight excluding hydrogens is 308 g/mol. The van der Waals surface area contributed by atoms with Crippen molar-refractivity contribution in [2.45, 2.75) is 51.5 Å². The van der Waals surface area contributed by atoms with Crippen LogP contribution in [0.15, 0.2) is 24.3 Å². The standard InChI is InChI=1S/C22H36N2O/c1-3-10-23(13-14-25-2)18-20-15-22(16-20)21-8-6-19(7-9-21)17-24-11-4-5-12-24/h6-9,20,22H,3-5,10-18H2,1-2H3/t20-,22-. The van der Waals surface area contributed by atoms with E-state index in [1.165, 1.54) is 63.8 Å². The number of likely N-dealkylation sites (tertiary alicyclic amines) is 1. The molecule has 3 heteroatoms. The minimum absolute atomic E-state index is 0.789. The van der Waals surface area contributed by atoms with Crippen LogP contribution in [0.3, 0.4) is 0 Å². The van der Waals surface area contributed by atoms with Crippen LogP contribution in [-0.4, -0.2) is 56.2 Å². The van der Waals surface area contributed by atoms with Crippen LogP contribution in [0.4, 0.5) is 0 Å². The van der Waals surface area contributed by atoms with Gasteiger partial charge >= 0.3 is 0 Å². The van der Waals surface area contributed by atoms with Crippen molar-refractivity contribution in [3.63, 3.8) is 0 Å². The minimum Gasteiger partial charge on any atom is -0.383 e. The number of benzene rings is 1. The Bertz CT molecular complexity index is 489. The predicted molar refractivity (Wildman–Crippen MR) is 105 cm³/mol. The molecule has 3 nitrogen and oxygen atoms in total. The first-order valence-electron chi connectivity index (χ1n) is 10.3. The number of rotatable bonds is 10. The van der Waals surface area contributed by atoms with Gasteiger partial charge in [-0.1, -0.05) is 31.2 Å². The fraction of sp³-hybridized carbons (Fsp3) is 0.727. The first-order valence-corrected chi connectivity index (χ1v) is 10.3. The maximum absolute atomic E-state index is 5.26. The SMILES string of the molecule is CCCN(CCOC)C[C@H]1C[C@H](c2ccc(CN3CCCC3)cc2)C1. The van der Waals surface area contributed by atoms with Crippen LogP contribution in [0.5, 0.6) is 0 Å². The zero-order valence-electron chi connectivity index (χ0n) is 16.3. The van der Waals surface area contributed by atoms with Crippen molar-refractivity contribution in [1.82, 2.24) is 9.80 Å². The lowest BCUT2D eigenvalue weighted by Crippen LogP contribution is -2.37. The summed E-state index contributed by atoms with van der Waals surface area (Å²) in [4.78, 5) is 5.17. The van der Waals surface area contributed by atoms with Gasteiger partial charge in [0.15, 0.2) is 0 Å². The van der Waals surface area contributed by atoms with Gasteiger partial charge in [-0.3, -0.25) is 4.90 Å². The summed E-state index contributed by atoms with van der Waals surface area (Å²) in [6.45, 7) is 10.4. The van der Waals surface area contributed by atoms with Gasteiger partial charge in [0.2, 0.25) is 0 Å². The summed E-state index contributed by atoms with van der Waals surface area (Å²) in [5.74, 6) is 1.66. The first kappa shape index (κ1) is 18.9. The molecule has 1 saturated heterocycles. The van der Waals surface area contributed by atoms with E-state index in [2.05, 4.69) is 41.0 Å². The summed E-state index contributed by atoms with van der Waals surface area (Å²) < 4.78 is 5.26. The van der Waals surface area contributed by atoms with Crippen molar-refractivity contribution in [2.75, 3.05) is 46.4 Å². The molecule has 25 heavy (non-hydrogen) atoms. The van der Waals surface area contributed by atoms with Gasteiger partial charge < -0.3 is 9.64 Å². The van der Waals surface area contributed by atoms with Gasteiger partial charge in [0, 0.05) is 26.7 Å². The van der Waals surface area contributed by atoms with E-state index < -0.39 is 0 Å². The van der Waals surface area contributed by atoms with E-state index >= 15 is 0 Å². The topological polar surface area (TPSA) is 15.7 Å². The first-order chi connectivity index (χ1) is 12.3. The molecule has 0 N–H and O–H groups in total. The van der Waals surface area contributed by atoms with Crippen LogP contribution >= 0.6 is 0 Å². The zero-order chi connectivity index (χ0) is 17.5. The van der Waals surface area contributed by atoms with Crippen molar-refractivity contribution in [3.05, 3.63) is 35.4 Å². The van der Waals surface area contributed by atoms with Crippen LogP contribution in [0, 0.1) is 5.92 Å². The summed E-state index contributed by atoms with van der Waals surface area (Å²) >= 11 is 0. The van der Waals surface area contributed by atoms with Crippen molar-refractivity contribution >= 4 is 0 Å². The Hall–Kier alpha value is -0.900. The van der Waals surface area contributed by atoms with Crippen molar-refractivity contribution < 1.29 is 4.74 Å². The van der Waals surface area contributed by atoms with Gasteiger partial charge in [0.05, 0.1) is 6.61 Å². The second-order valence-corrected chi connectivity index (χ2v) is 8.05. The summed E-state index contributed by atoms with van der Waals surface area (Å²) in [7, 11) is 1.80. The Morgan fingerprint density at radius 3 is 2.44 bits per heavy atom. The molecule has 140 valence electrons. The lowest BCUT2D eigenvalue weighted by Gasteiger charge is -2.39. The van der Waals surface area contributed by atoms with Crippen LogP contribution in [0.2, 0.25) is 0 Å². The van der Waals surface area contributed by atoms with Gasteiger partial charge in [0.25, 0.3) is 0 Å². The Labute approximate surface area is 154 Å². The molecule has 1 heterocycles. The zero-order valence-corrected chi connectivity index (χ0v) is 16.3. The molecular formula is C22H36N2O. The maximum atomic E-state index is 5.26. The summed E-state index contributed by atoms with van der Waals surface area (Å²) in [6, 6.07) is 9.51. The van der Waals surface area contributed by atoms with Gasteiger partial charge in [0.1, 0.15) is 0 Å². The van der Waals surface area contributed by atoms with Crippen molar-refractivity contribution in [3.8, 4) is 0 Å². The second kappa shape index (κ2) is 9.70. The molecule has 0 radical (unpaired) electrons. The second-order valence-electron chi connectivity index (χ2n) is 8.05. The van der Waals surface area contributed by atoms with Gasteiger partial charge in [-0.25, -0.2) is 0 Å². The van der Waals surface area contributed by atoms with Crippen LogP contribution in [0.1, 0.15) is 56.1 Å². The fourth-order valence-electron chi connectivity index (χ4n) is 4.45. The van der Waals surface area contributed by atoms with Gasteiger partial charge in [-0.05, 0) is 74.7 Å². The van der Waals surface area contributed by atoms with Crippen LogP contribution in [-0.2, 0) is 11.3 Å². The number of hydrogen-bond donors (Lipinski definition) is 0. The Morgan fingerprint density at radius 2 is 1.80 bits per heavy atom. The molecule has 2 fully saturated rings. The monoisotopic (exact) mass is 344 g/mol. The molecule has 0 aromatic heterocycles. The van der Waals surface area contributed by atoms with E-state index in [9.17, 15) is 0 Å². The number of methoxy groups -OCH3 is 1.